The number of carboxylic acids is 1. The highest BCUT2D eigenvalue weighted by molar-refractivity contribution is 5.95. The van der Waals surface area contributed by atoms with E-state index in [0.29, 0.717) is 37.3 Å². The summed E-state index contributed by atoms with van der Waals surface area (Å²) in [4.78, 5) is 11.4. The molecule has 1 aliphatic rings. The number of alkyl halides is 1. The molecule has 0 bridgehead atoms. The van der Waals surface area contributed by atoms with Gasteiger partial charge in [-0.1, -0.05) is 6.92 Å². The van der Waals surface area contributed by atoms with Gasteiger partial charge in [-0.2, -0.15) is 5.26 Å². The first-order valence-corrected chi connectivity index (χ1v) is 9.64. The van der Waals surface area contributed by atoms with E-state index in [1.165, 1.54) is 0 Å². The van der Waals surface area contributed by atoms with E-state index < -0.39 is 18.7 Å². The van der Waals surface area contributed by atoms with Gasteiger partial charge in [0.05, 0.1) is 49.2 Å². The van der Waals surface area contributed by atoms with Gasteiger partial charge in [-0.15, -0.1) is 0 Å². The third-order valence-electron chi connectivity index (χ3n) is 5.12. The Kier molecular flexibility index (Phi) is 6.20. The van der Waals surface area contributed by atoms with Crippen molar-refractivity contribution in [3.8, 4) is 11.8 Å². The van der Waals surface area contributed by atoms with E-state index in [0.717, 1.165) is 34.1 Å². The number of rotatable bonds is 8. The molecule has 0 radical (unpaired) electrons. The lowest BCUT2D eigenvalue weighted by atomic mass is 9.96. The summed E-state index contributed by atoms with van der Waals surface area (Å²) in [7, 11) is 0. The minimum Gasteiger partial charge on any atom is -0.493 e. The lowest BCUT2D eigenvalue weighted by Crippen LogP contribution is -2.21. The maximum atomic E-state index is 12.5. The Bertz CT molecular complexity index is 929. The average molecular weight is 388 g/mol. The number of nitriles is 1. The van der Waals surface area contributed by atoms with Crippen molar-refractivity contribution in [2.45, 2.75) is 52.2 Å². The molecule has 3 rings (SSSR count). The molecular weight excluding hydrogens is 363 g/mol. The fraction of sp³-hybridized carbons (Fsp3) is 0.524. The zero-order valence-electron chi connectivity index (χ0n) is 16.3. The standard InChI is InChI=1S/C21H25FN2O4/c1-3-7-24-20-13(2)16(27-8-4-6-22)10-14(12-23)19(20)15-5-9-28-17(21(15)24)11-18(25)26/h10,17H,3-9,11H2,1-2H3,(H,25,26). The molecule has 0 spiro atoms. The molecule has 2 heterocycles. The Labute approximate surface area is 163 Å². The van der Waals surface area contributed by atoms with Gasteiger partial charge in [-0.3, -0.25) is 9.18 Å². The number of carbonyl (C=O) groups is 1. The first-order chi connectivity index (χ1) is 13.5. The Hall–Kier alpha value is -2.59. The van der Waals surface area contributed by atoms with Crippen LogP contribution >= 0.6 is 0 Å². The SMILES string of the molecule is CCCn1c2c(c3c(C#N)cc(OCCCF)c(C)c31)CCOC2CC(=O)O. The number of aliphatic carboxylic acids is 1. The maximum absolute atomic E-state index is 12.5. The fourth-order valence-corrected chi connectivity index (χ4v) is 4.05. The van der Waals surface area contributed by atoms with Crippen LogP contribution in [-0.4, -0.2) is 35.5 Å². The zero-order chi connectivity index (χ0) is 20.3. The highest BCUT2D eigenvalue weighted by atomic mass is 19.1. The number of carboxylic acid groups (broad SMARTS) is 1. The van der Waals surface area contributed by atoms with Crippen LogP contribution in [0.15, 0.2) is 6.07 Å². The van der Waals surface area contributed by atoms with Crippen molar-refractivity contribution in [3.63, 3.8) is 0 Å². The summed E-state index contributed by atoms with van der Waals surface area (Å²) in [5.74, 6) is -0.348. The number of aromatic nitrogens is 1. The number of hydrogen-bond donors (Lipinski definition) is 1. The Morgan fingerprint density at radius 3 is 2.96 bits per heavy atom. The van der Waals surface area contributed by atoms with Gasteiger partial charge in [-0.25, -0.2) is 0 Å². The Morgan fingerprint density at radius 2 is 2.32 bits per heavy atom. The number of aryl methyl sites for hydroxylation is 2. The molecule has 0 aliphatic carbocycles. The minimum absolute atomic E-state index is 0.117. The summed E-state index contributed by atoms with van der Waals surface area (Å²) in [6.45, 7) is 4.88. The molecule has 7 heteroatoms. The molecule has 1 aliphatic heterocycles. The van der Waals surface area contributed by atoms with Crippen LogP contribution < -0.4 is 4.74 Å². The lowest BCUT2D eigenvalue weighted by molar-refractivity contribution is -0.140. The van der Waals surface area contributed by atoms with Gasteiger partial charge >= 0.3 is 5.97 Å². The highest BCUT2D eigenvalue weighted by Crippen LogP contribution is 2.42. The first-order valence-electron chi connectivity index (χ1n) is 9.64. The molecule has 1 aromatic heterocycles. The van der Waals surface area contributed by atoms with Crippen molar-refractivity contribution in [3.05, 3.63) is 28.5 Å². The van der Waals surface area contributed by atoms with Crippen LogP contribution in [0.5, 0.6) is 5.75 Å². The van der Waals surface area contributed by atoms with E-state index in [1.807, 2.05) is 6.92 Å². The molecule has 1 aromatic carbocycles. The van der Waals surface area contributed by atoms with Crippen LogP contribution in [-0.2, 0) is 22.5 Å². The number of benzene rings is 1. The van der Waals surface area contributed by atoms with Gasteiger partial charge in [0.15, 0.2) is 0 Å². The summed E-state index contributed by atoms with van der Waals surface area (Å²) >= 11 is 0. The molecule has 28 heavy (non-hydrogen) atoms. The van der Waals surface area contributed by atoms with Crippen molar-refractivity contribution in [1.82, 2.24) is 4.57 Å². The summed E-state index contributed by atoms with van der Waals surface area (Å²) in [6.07, 6.45) is 1.12. The molecule has 0 fully saturated rings. The van der Waals surface area contributed by atoms with Gasteiger partial charge in [0.2, 0.25) is 0 Å². The van der Waals surface area contributed by atoms with Crippen LogP contribution in [0, 0.1) is 18.3 Å². The maximum Gasteiger partial charge on any atom is 0.306 e. The van der Waals surface area contributed by atoms with E-state index >= 15 is 0 Å². The summed E-state index contributed by atoms with van der Waals surface area (Å²) in [6, 6.07) is 3.98. The largest absolute Gasteiger partial charge is 0.493 e. The van der Waals surface area contributed by atoms with Crippen LogP contribution in [0.4, 0.5) is 4.39 Å². The Morgan fingerprint density at radius 1 is 1.54 bits per heavy atom. The molecule has 2 aromatic rings. The monoisotopic (exact) mass is 388 g/mol. The lowest BCUT2D eigenvalue weighted by Gasteiger charge is -2.25. The van der Waals surface area contributed by atoms with Gasteiger partial charge < -0.3 is 19.1 Å². The highest BCUT2D eigenvalue weighted by Gasteiger charge is 2.32. The fourth-order valence-electron chi connectivity index (χ4n) is 4.05. The molecule has 1 N–H and O–H groups in total. The Balaban J connectivity index is 2.27. The molecule has 6 nitrogen and oxygen atoms in total. The van der Waals surface area contributed by atoms with Crippen LogP contribution in [0.1, 0.15) is 54.7 Å². The van der Waals surface area contributed by atoms with Crippen molar-refractivity contribution >= 4 is 16.9 Å². The number of nitrogens with zero attached hydrogens (tertiary/aromatic N) is 2. The van der Waals surface area contributed by atoms with Crippen molar-refractivity contribution in [2.24, 2.45) is 0 Å². The average Bonchev–Trinajstić information content (AvgIpc) is 3.00. The van der Waals surface area contributed by atoms with Crippen molar-refractivity contribution in [2.75, 3.05) is 19.9 Å². The zero-order valence-corrected chi connectivity index (χ0v) is 16.3. The first kappa shape index (κ1) is 20.2. The van der Waals surface area contributed by atoms with E-state index in [9.17, 15) is 19.6 Å². The predicted octanol–water partition coefficient (Wildman–Crippen LogP) is 4.06. The van der Waals surface area contributed by atoms with Crippen LogP contribution in [0.3, 0.4) is 0 Å². The van der Waals surface area contributed by atoms with E-state index in [4.69, 9.17) is 9.47 Å². The molecule has 1 unspecified atom stereocenters. The molecule has 1 atom stereocenters. The van der Waals surface area contributed by atoms with Crippen LogP contribution in [0.2, 0.25) is 0 Å². The van der Waals surface area contributed by atoms with Crippen molar-refractivity contribution < 1.29 is 23.8 Å². The van der Waals surface area contributed by atoms with Gasteiger partial charge in [0, 0.05) is 23.9 Å². The van der Waals surface area contributed by atoms with Crippen molar-refractivity contribution in [1.29, 1.82) is 5.26 Å². The third-order valence-corrected chi connectivity index (χ3v) is 5.12. The number of fused-ring (bicyclic) bond motifs is 3. The van der Waals surface area contributed by atoms with Gasteiger partial charge in [0.25, 0.3) is 0 Å². The van der Waals surface area contributed by atoms with Crippen LogP contribution in [0.25, 0.3) is 10.9 Å². The second kappa shape index (κ2) is 8.61. The normalized spacial score (nSPS) is 16.0. The number of halogens is 1. The summed E-state index contributed by atoms with van der Waals surface area (Å²) in [5.41, 5.74) is 4.12. The smallest absolute Gasteiger partial charge is 0.306 e. The molecular formula is C21H25FN2O4. The predicted molar refractivity (Wildman–Crippen MR) is 102 cm³/mol. The second-order valence-corrected chi connectivity index (χ2v) is 7.00. The third kappa shape index (κ3) is 3.57. The van der Waals surface area contributed by atoms with Gasteiger partial charge in [0.1, 0.15) is 11.9 Å². The minimum atomic E-state index is -0.918. The molecule has 0 saturated carbocycles. The topological polar surface area (TPSA) is 84.5 Å². The van der Waals surface area contributed by atoms with E-state index in [2.05, 4.69) is 17.6 Å². The number of hydrogen-bond acceptors (Lipinski definition) is 4. The van der Waals surface area contributed by atoms with E-state index in [1.54, 1.807) is 6.07 Å². The second-order valence-electron chi connectivity index (χ2n) is 7.00. The number of ether oxygens (including phenoxy) is 2. The molecule has 150 valence electrons. The molecule has 0 saturated heterocycles. The summed E-state index contributed by atoms with van der Waals surface area (Å²) < 4.78 is 26.1. The van der Waals surface area contributed by atoms with E-state index in [-0.39, 0.29) is 13.0 Å². The van der Waals surface area contributed by atoms with Gasteiger partial charge in [-0.05, 0) is 31.4 Å². The molecule has 0 amide bonds. The summed E-state index contributed by atoms with van der Waals surface area (Å²) in [5, 5.41) is 20.0. The quantitative estimate of drug-likeness (QED) is 0.690.